The second kappa shape index (κ2) is 8.48. The van der Waals surface area contributed by atoms with E-state index in [-0.39, 0.29) is 12.1 Å². The summed E-state index contributed by atoms with van der Waals surface area (Å²) in [6.45, 7) is 10.6. The molecule has 1 aromatic rings. The highest BCUT2D eigenvalue weighted by molar-refractivity contribution is 9.10. The zero-order valence-electron chi connectivity index (χ0n) is 16.5. The summed E-state index contributed by atoms with van der Waals surface area (Å²) >= 11 is 3.48. The topological polar surface area (TPSA) is 51.2 Å². The lowest BCUT2D eigenvalue weighted by Crippen LogP contribution is -2.54. The van der Waals surface area contributed by atoms with E-state index in [9.17, 15) is 4.79 Å². The molecular formula is C19H29BrN2O4. The van der Waals surface area contributed by atoms with Gasteiger partial charge in [-0.2, -0.15) is 0 Å². The Hall–Kier alpha value is -1.47. The smallest absolute Gasteiger partial charge is 0.410 e. The Morgan fingerprint density at radius 1 is 1.19 bits per heavy atom. The highest BCUT2D eigenvalue weighted by Crippen LogP contribution is 2.34. The van der Waals surface area contributed by atoms with Gasteiger partial charge in [-0.25, -0.2) is 4.79 Å². The third kappa shape index (κ3) is 5.27. The minimum atomic E-state index is -0.480. The molecule has 0 spiro atoms. The van der Waals surface area contributed by atoms with Crippen molar-refractivity contribution >= 4 is 22.0 Å². The molecule has 0 unspecified atom stereocenters. The number of halogens is 1. The Bertz CT molecular complexity index is 620. The van der Waals surface area contributed by atoms with Crippen molar-refractivity contribution in [1.82, 2.24) is 9.80 Å². The Morgan fingerprint density at radius 2 is 1.77 bits per heavy atom. The lowest BCUT2D eigenvalue weighted by molar-refractivity contribution is 0.000398. The third-order valence-electron chi connectivity index (χ3n) is 4.29. The van der Waals surface area contributed by atoms with Gasteiger partial charge in [0.2, 0.25) is 0 Å². The molecule has 1 saturated heterocycles. The molecule has 1 fully saturated rings. The van der Waals surface area contributed by atoms with Gasteiger partial charge in [0.1, 0.15) is 17.1 Å². The quantitative estimate of drug-likeness (QED) is 0.727. The number of amides is 1. The van der Waals surface area contributed by atoms with Crippen LogP contribution in [0.5, 0.6) is 11.5 Å². The van der Waals surface area contributed by atoms with Gasteiger partial charge in [-0.1, -0.05) is 15.9 Å². The number of nitrogens with zero attached hydrogens (tertiary/aromatic N) is 2. The highest BCUT2D eigenvalue weighted by Gasteiger charge is 2.31. The van der Waals surface area contributed by atoms with Gasteiger partial charge < -0.3 is 19.1 Å². The van der Waals surface area contributed by atoms with Crippen LogP contribution in [0.3, 0.4) is 0 Å². The molecule has 146 valence electrons. The average Bonchev–Trinajstić information content (AvgIpc) is 2.54. The average molecular weight is 429 g/mol. The fraction of sp³-hybridized carbons (Fsp3) is 0.632. The van der Waals surface area contributed by atoms with Gasteiger partial charge >= 0.3 is 6.09 Å². The first-order valence-corrected chi connectivity index (χ1v) is 9.56. The van der Waals surface area contributed by atoms with Gasteiger partial charge in [0.15, 0.2) is 0 Å². The molecule has 7 heteroatoms. The standard InChI is InChI=1S/C19H29BrN2O4/c1-13-11-21(7-8-22(13)18(23)26-19(2,3)4)12-15-16(24-5)9-14(20)10-17(15)25-6/h9-10,13H,7-8,11-12H2,1-6H3/t13-/m1/s1. The number of piperazine rings is 1. The molecule has 2 rings (SSSR count). The van der Waals surface area contributed by atoms with Gasteiger partial charge in [0, 0.05) is 36.7 Å². The molecule has 0 radical (unpaired) electrons. The summed E-state index contributed by atoms with van der Waals surface area (Å²) in [6.07, 6.45) is -0.247. The predicted molar refractivity (Wildman–Crippen MR) is 105 cm³/mol. The van der Waals surface area contributed by atoms with Crippen LogP contribution in [0.15, 0.2) is 16.6 Å². The fourth-order valence-electron chi connectivity index (χ4n) is 3.10. The van der Waals surface area contributed by atoms with Crippen LogP contribution in [0.1, 0.15) is 33.3 Å². The summed E-state index contributed by atoms with van der Waals surface area (Å²) in [4.78, 5) is 16.5. The maximum Gasteiger partial charge on any atom is 0.410 e. The summed E-state index contributed by atoms with van der Waals surface area (Å²) in [6, 6.07) is 3.96. The van der Waals surface area contributed by atoms with E-state index in [0.29, 0.717) is 13.1 Å². The van der Waals surface area contributed by atoms with Crippen molar-refractivity contribution < 1.29 is 19.0 Å². The molecule has 0 aliphatic carbocycles. The van der Waals surface area contributed by atoms with Crippen molar-refractivity contribution in [2.75, 3.05) is 33.9 Å². The number of ether oxygens (including phenoxy) is 3. The molecule has 0 saturated carbocycles. The number of hydrogen-bond acceptors (Lipinski definition) is 5. The van der Waals surface area contributed by atoms with Gasteiger partial charge in [-0.3, -0.25) is 4.90 Å². The molecule has 1 amide bonds. The van der Waals surface area contributed by atoms with E-state index in [1.807, 2.05) is 39.8 Å². The van der Waals surface area contributed by atoms with E-state index < -0.39 is 5.60 Å². The Balaban J connectivity index is 2.07. The number of carbonyl (C=O) groups is 1. The summed E-state index contributed by atoms with van der Waals surface area (Å²) in [5.41, 5.74) is 0.530. The van der Waals surface area contributed by atoms with Crippen molar-refractivity contribution in [1.29, 1.82) is 0 Å². The van der Waals surface area contributed by atoms with Gasteiger partial charge in [0.05, 0.1) is 19.8 Å². The van der Waals surface area contributed by atoms with Crippen molar-refractivity contribution in [2.24, 2.45) is 0 Å². The van der Waals surface area contributed by atoms with Gasteiger partial charge in [0.25, 0.3) is 0 Å². The number of hydrogen-bond donors (Lipinski definition) is 0. The Morgan fingerprint density at radius 3 is 2.23 bits per heavy atom. The molecular weight excluding hydrogens is 400 g/mol. The van der Waals surface area contributed by atoms with E-state index in [4.69, 9.17) is 14.2 Å². The van der Waals surface area contributed by atoms with Crippen LogP contribution < -0.4 is 9.47 Å². The third-order valence-corrected chi connectivity index (χ3v) is 4.75. The molecule has 1 atom stereocenters. The normalized spacial score (nSPS) is 18.6. The molecule has 0 N–H and O–H groups in total. The van der Waals surface area contributed by atoms with Crippen molar-refractivity contribution in [3.05, 3.63) is 22.2 Å². The van der Waals surface area contributed by atoms with E-state index in [0.717, 1.165) is 34.6 Å². The maximum atomic E-state index is 12.4. The van der Waals surface area contributed by atoms with Crippen LogP contribution in [-0.4, -0.2) is 61.4 Å². The summed E-state index contributed by atoms with van der Waals surface area (Å²) < 4.78 is 17.5. The fourth-order valence-corrected chi connectivity index (χ4v) is 3.52. The number of methoxy groups -OCH3 is 2. The second-order valence-electron chi connectivity index (χ2n) is 7.55. The van der Waals surface area contributed by atoms with Crippen LogP contribution >= 0.6 is 15.9 Å². The highest BCUT2D eigenvalue weighted by atomic mass is 79.9. The van der Waals surface area contributed by atoms with Gasteiger partial charge in [-0.05, 0) is 39.8 Å². The van der Waals surface area contributed by atoms with Crippen LogP contribution in [-0.2, 0) is 11.3 Å². The molecule has 6 nitrogen and oxygen atoms in total. The largest absolute Gasteiger partial charge is 0.496 e. The van der Waals surface area contributed by atoms with Crippen molar-refractivity contribution in [3.63, 3.8) is 0 Å². The zero-order valence-corrected chi connectivity index (χ0v) is 18.1. The molecule has 0 aromatic heterocycles. The summed E-state index contributed by atoms with van der Waals surface area (Å²) in [5.74, 6) is 1.58. The monoisotopic (exact) mass is 428 g/mol. The lowest BCUT2D eigenvalue weighted by atomic mass is 10.1. The molecule has 0 bridgehead atoms. The Kier molecular flexibility index (Phi) is 6.80. The van der Waals surface area contributed by atoms with Crippen molar-refractivity contribution in [3.8, 4) is 11.5 Å². The predicted octanol–water partition coefficient (Wildman–Crippen LogP) is 3.91. The number of carbonyl (C=O) groups excluding carboxylic acids is 1. The lowest BCUT2D eigenvalue weighted by Gasteiger charge is -2.40. The van der Waals surface area contributed by atoms with Crippen LogP contribution in [0.2, 0.25) is 0 Å². The maximum absolute atomic E-state index is 12.4. The summed E-state index contributed by atoms with van der Waals surface area (Å²) in [7, 11) is 3.32. The zero-order chi connectivity index (χ0) is 19.5. The second-order valence-corrected chi connectivity index (χ2v) is 8.46. The van der Waals surface area contributed by atoms with Crippen LogP contribution in [0.25, 0.3) is 0 Å². The van der Waals surface area contributed by atoms with E-state index >= 15 is 0 Å². The first-order chi connectivity index (χ1) is 12.1. The van der Waals surface area contributed by atoms with Gasteiger partial charge in [-0.15, -0.1) is 0 Å². The number of benzene rings is 1. The molecule has 26 heavy (non-hydrogen) atoms. The Labute approximate surface area is 164 Å². The minimum absolute atomic E-state index is 0.0750. The molecule has 1 heterocycles. The molecule has 1 aliphatic heterocycles. The van der Waals surface area contributed by atoms with E-state index in [2.05, 4.69) is 20.8 Å². The minimum Gasteiger partial charge on any atom is -0.496 e. The van der Waals surface area contributed by atoms with Crippen LogP contribution in [0.4, 0.5) is 4.79 Å². The van der Waals surface area contributed by atoms with E-state index in [1.165, 1.54) is 0 Å². The first-order valence-electron chi connectivity index (χ1n) is 8.77. The molecule has 1 aliphatic rings. The SMILES string of the molecule is COc1cc(Br)cc(OC)c1CN1CCN(C(=O)OC(C)(C)C)[C@H](C)C1. The molecule has 1 aromatic carbocycles. The van der Waals surface area contributed by atoms with Crippen molar-refractivity contribution in [2.45, 2.75) is 45.9 Å². The summed E-state index contributed by atoms with van der Waals surface area (Å²) in [5, 5.41) is 0. The number of rotatable bonds is 4. The van der Waals surface area contributed by atoms with Crippen LogP contribution in [0, 0.1) is 0 Å². The first kappa shape index (κ1) is 20.8. The van der Waals surface area contributed by atoms with E-state index in [1.54, 1.807) is 19.1 Å².